The van der Waals surface area contributed by atoms with Gasteiger partial charge in [0.05, 0.1) is 22.2 Å². The van der Waals surface area contributed by atoms with Gasteiger partial charge in [0.25, 0.3) is 5.91 Å². The fraction of sp³-hybridized carbons (Fsp3) is 0.500. The van der Waals surface area contributed by atoms with Gasteiger partial charge in [-0.1, -0.05) is 11.6 Å². The summed E-state index contributed by atoms with van der Waals surface area (Å²) in [6.07, 6.45) is -0.965. The van der Waals surface area contributed by atoms with Crippen LogP contribution in [0.25, 0.3) is 0 Å². The summed E-state index contributed by atoms with van der Waals surface area (Å²) in [5, 5.41) is 2.56. The number of ketones is 1. The zero-order valence-electron chi connectivity index (χ0n) is 12.4. The van der Waals surface area contributed by atoms with Gasteiger partial charge in [-0.2, -0.15) is 0 Å². The van der Waals surface area contributed by atoms with Crippen molar-refractivity contribution < 1.29 is 23.9 Å². The van der Waals surface area contributed by atoms with Crippen molar-refractivity contribution in [2.24, 2.45) is 0 Å². The van der Waals surface area contributed by atoms with Crippen LogP contribution in [0.3, 0.4) is 0 Å². The number of Topliss-reactive ketones (excluding diaryl/α,β-unsaturated/α-hetero) is 1. The number of carbonyl (C=O) groups excluding carboxylic acids is 3. The standard InChI is InChI=1S/C14H18ClNO5S/c1-9(14(19)16-7-8-20-2)21-13(18)6-3-10(17)11-4-5-12(15)22-11/h4-5,9H,3,6-8H2,1-2H3,(H,16,19)/t9-/m1/s1. The molecular weight excluding hydrogens is 330 g/mol. The Bertz CT molecular complexity index is 531. The number of nitrogens with one attached hydrogen (secondary N) is 1. The third-order valence-electron chi connectivity index (χ3n) is 2.69. The molecule has 0 saturated heterocycles. The third-order valence-corrected chi connectivity index (χ3v) is 3.96. The van der Waals surface area contributed by atoms with Crippen LogP contribution in [0.4, 0.5) is 0 Å². The zero-order chi connectivity index (χ0) is 16.5. The summed E-state index contributed by atoms with van der Waals surface area (Å²) in [5.74, 6) is -1.17. The van der Waals surface area contributed by atoms with Crippen molar-refractivity contribution >= 4 is 40.6 Å². The first-order chi connectivity index (χ1) is 10.4. The zero-order valence-corrected chi connectivity index (χ0v) is 14.0. The quantitative estimate of drug-likeness (QED) is 0.420. The molecular formula is C14H18ClNO5S. The van der Waals surface area contributed by atoms with Crippen molar-refractivity contribution in [2.75, 3.05) is 20.3 Å². The molecule has 0 fully saturated rings. The normalized spacial score (nSPS) is 11.8. The van der Waals surface area contributed by atoms with Crippen LogP contribution >= 0.6 is 22.9 Å². The smallest absolute Gasteiger partial charge is 0.307 e. The Morgan fingerprint density at radius 3 is 2.64 bits per heavy atom. The molecule has 22 heavy (non-hydrogen) atoms. The monoisotopic (exact) mass is 347 g/mol. The van der Waals surface area contributed by atoms with Crippen molar-refractivity contribution in [3.05, 3.63) is 21.3 Å². The van der Waals surface area contributed by atoms with Gasteiger partial charge in [-0.3, -0.25) is 14.4 Å². The molecule has 1 N–H and O–H groups in total. The lowest BCUT2D eigenvalue weighted by atomic mass is 10.2. The topological polar surface area (TPSA) is 81.7 Å². The lowest BCUT2D eigenvalue weighted by molar-refractivity contribution is -0.154. The van der Waals surface area contributed by atoms with Crippen LogP contribution in [0.5, 0.6) is 0 Å². The van der Waals surface area contributed by atoms with Gasteiger partial charge in [0.2, 0.25) is 0 Å². The number of halogens is 1. The number of amides is 1. The van der Waals surface area contributed by atoms with Crippen molar-refractivity contribution in [2.45, 2.75) is 25.9 Å². The van der Waals surface area contributed by atoms with E-state index in [1.54, 1.807) is 12.1 Å². The number of rotatable bonds is 9. The van der Waals surface area contributed by atoms with E-state index in [1.807, 2.05) is 0 Å². The highest BCUT2D eigenvalue weighted by molar-refractivity contribution is 7.18. The maximum absolute atomic E-state index is 11.8. The molecule has 0 aliphatic rings. The van der Waals surface area contributed by atoms with Crippen LogP contribution in [0.1, 0.15) is 29.4 Å². The van der Waals surface area contributed by atoms with Crippen LogP contribution in [-0.4, -0.2) is 44.0 Å². The van der Waals surface area contributed by atoms with E-state index in [2.05, 4.69) is 5.32 Å². The number of esters is 1. The predicted octanol–water partition coefficient (Wildman–Crippen LogP) is 2.06. The van der Waals surface area contributed by atoms with Gasteiger partial charge in [0.1, 0.15) is 0 Å². The highest BCUT2D eigenvalue weighted by Gasteiger charge is 2.18. The number of hydrogen-bond acceptors (Lipinski definition) is 6. The van der Waals surface area contributed by atoms with E-state index in [1.165, 1.54) is 25.4 Å². The van der Waals surface area contributed by atoms with Crippen LogP contribution in [0.2, 0.25) is 4.34 Å². The number of thiophene rings is 1. The highest BCUT2D eigenvalue weighted by Crippen LogP contribution is 2.22. The van der Waals surface area contributed by atoms with Crippen molar-refractivity contribution in [1.82, 2.24) is 5.32 Å². The van der Waals surface area contributed by atoms with Crippen LogP contribution < -0.4 is 5.32 Å². The number of methoxy groups -OCH3 is 1. The molecule has 8 heteroatoms. The molecule has 6 nitrogen and oxygen atoms in total. The minimum Gasteiger partial charge on any atom is -0.453 e. The summed E-state index contributed by atoms with van der Waals surface area (Å²) >= 11 is 6.91. The van der Waals surface area contributed by atoms with E-state index >= 15 is 0 Å². The Kier molecular flexibility index (Phi) is 8.08. The lowest BCUT2D eigenvalue weighted by Gasteiger charge is -2.13. The first-order valence-corrected chi connectivity index (χ1v) is 7.88. The summed E-state index contributed by atoms with van der Waals surface area (Å²) < 4.78 is 10.3. The van der Waals surface area contributed by atoms with Gasteiger partial charge in [-0.05, 0) is 19.1 Å². The number of carbonyl (C=O) groups is 3. The third kappa shape index (κ3) is 6.55. The van der Waals surface area contributed by atoms with E-state index in [9.17, 15) is 14.4 Å². The maximum Gasteiger partial charge on any atom is 0.307 e. The van der Waals surface area contributed by atoms with E-state index < -0.39 is 18.0 Å². The van der Waals surface area contributed by atoms with Crippen LogP contribution in [0.15, 0.2) is 12.1 Å². The molecule has 1 heterocycles. The van der Waals surface area contributed by atoms with Crippen LogP contribution in [0, 0.1) is 0 Å². The second-order valence-corrected chi connectivity index (χ2v) is 6.16. The Morgan fingerprint density at radius 2 is 2.05 bits per heavy atom. The fourth-order valence-electron chi connectivity index (χ4n) is 1.53. The average molecular weight is 348 g/mol. The van der Waals surface area contributed by atoms with Crippen molar-refractivity contribution in [1.29, 1.82) is 0 Å². The SMILES string of the molecule is COCCNC(=O)[C@@H](C)OC(=O)CCC(=O)c1ccc(Cl)s1. The molecule has 0 unspecified atom stereocenters. The molecule has 0 bridgehead atoms. The highest BCUT2D eigenvalue weighted by atomic mass is 35.5. The Labute approximate surface area is 137 Å². The summed E-state index contributed by atoms with van der Waals surface area (Å²) in [6.45, 7) is 2.19. The molecule has 1 aromatic heterocycles. The minimum absolute atomic E-state index is 0.0215. The Morgan fingerprint density at radius 1 is 1.32 bits per heavy atom. The van der Waals surface area contributed by atoms with E-state index in [4.69, 9.17) is 21.1 Å². The first kappa shape index (κ1) is 18.6. The van der Waals surface area contributed by atoms with E-state index in [-0.39, 0.29) is 18.6 Å². The molecule has 122 valence electrons. The molecule has 1 amide bonds. The second kappa shape index (κ2) is 9.55. The Balaban J connectivity index is 2.30. The average Bonchev–Trinajstić information content (AvgIpc) is 2.91. The predicted molar refractivity (Wildman–Crippen MR) is 83.3 cm³/mol. The molecule has 0 radical (unpaired) electrons. The minimum atomic E-state index is -0.907. The summed E-state index contributed by atoms with van der Waals surface area (Å²) in [4.78, 5) is 35.5. The van der Waals surface area contributed by atoms with Gasteiger partial charge in [0.15, 0.2) is 11.9 Å². The molecule has 1 rings (SSSR count). The molecule has 1 atom stereocenters. The fourth-order valence-corrected chi connectivity index (χ4v) is 2.54. The molecule has 1 aromatic rings. The molecule has 0 aliphatic carbocycles. The molecule has 0 spiro atoms. The summed E-state index contributed by atoms with van der Waals surface area (Å²) in [6, 6.07) is 3.25. The second-order valence-electron chi connectivity index (χ2n) is 4.44. The van der Waals surface area contributed by atoms with Crippen LogP contribution in [-0.2, 0) is 19.1 Å². The van der Waals surface area contributed by atoms with Gasteiger partial charge in [-0.25, -0.2) is 0 Å². The largest absolute Gasteiger partial charge is 0.453 e. The van der Waals surface area contributed by atoms with Crippen molar-refractivity contribution in [3.8, 4) is 0 Å². The van der Waals surface area contributed by atoms with Gasteiger partial charge in [-0.15, -0.1) is 11.3 Å². The number of hydrogen-bond donors (Lipinski definition) is 1. The molecule has 0 saturated carbocycles. The number of ether oxygens (including phenoxy) is 2. The first-order valence-electron chi connectivity index (χ1n) is 6.68. The van der Waals surface area contributed by atoms with E-state index in [0.29, 0.717) is 22.4 Å². The van der Waals surface area contributed by atoms with Gasteiger partial charge < -0.3 is 14.8 Å². The van der Waals surface area contributed by atoms with E-state index in [0.717, 1.165) is 0 Å². The summed E-state index contributed by atoms with van der Waals surface area (Å²) in [5.41, 5.74) is 0. The lowest BCUT2D eigenvalue weighted by Crippen LogP contribution is -2.37. The van der Waals surface area contributed by atoms with Crippen molar-refractivity contribution in [3.63, 3.8) is 0 Å². The maximum atomic E-state index is 11.8. The summed E-state index contributed by atoms with van der Waals surface area (Å²) in [7, 11) is 1.52. The molecule has 0 aliphatic heterocycles. The Hall–Kier alpha value is -1.44. The molecule has 0 aromatic carbocycles. The van der Waals surface area contributed by atoms with Gasteiger partial charge in [0, 0.05) is 20.1 Å². The van der Waals surface area contributed by atoms with Gasteiger partial charge >= 0.3 is 5.97 Å².